The zero-order chi connectivity index (χ0) is 18.0. The van der Waals surface area contributed by atoms with Gasteiger partial charge in [0.25, 0.3) is 11.4 Å². The molecule has 0 saturated carbocycles. The van der Waals surface area contributed by atoms with E-state index in [0.29, 0.717) is 26.2 Å². The predicted molar refractivity (Wildman–Crippen MR) is 90.6 cm³/mol. The summed E-state index contributed by atoms with van der Waals surface area (Å²) >= 11 is 0. The van der Waals surface area contributed by atoms with Gasteiger partial charge in [0.1, 0.15) is 11.5 Å². The predicted octanol–water partition coefficient (Wildman–Crippen LogP) is 2.97. The van der Waals surface area contributed by atoms with E-state index in [1.807, 2.05) is 4.90 Å². The molecule has 2 aromatic carbocycles. The van der Waals surface area contributed by atoms with Crippen molar-refractivity contribution in [2.45, 2.75) is 0 Å². The molecule has 2 aromatic rings. The highest BCUT2D eigenvalue weighted by atomic mass is 19.1. The van der Waals surface area contributed by atoms with Crippen LogP contribution >= 0.6 is 0 Å². The molecule has 130 valence electrons. The van der Waals surface area contributed by atoms with Gasteiger partial charge in [0.05, 0.1) is 9.85 Å². The number of benzene rings is 2. The van der Waals surface area contributed by atoms with E-state index in [-0.39, 0.29) is 17.1 Å². The lowest BCUT2D eigenvalue weighted by atomic mass is 10.2. The van der Waals surface area contributed by atoms with Crippen LogP contribution in [0.2, 0.25) is 0 Å². The van der Waals surface area contributed by atoms with Gasteiger partial charge < -0.3 is 9.80 Å². The monoisotopic (exact) mass is 346 g/mol. The van der Waals surface area contributed by atoms with E-state index in [1.54, 1.807) is 17.0 Å². The first-order chi connectivity index (χ1) is 12.0. The van der Waals surface area contributed by atoms with Crippen LogP contribution in [0.25, 0.3) is 0 Å². The minimum atomic E-state index is -0.526. The van der Waals surface area contributed by atoms with Crippen molar-refractivity contribution in [2.75, 3.05) is 36.0 Å². The van der Waals surface area contributed by atoms with Crippen LogP contribution in [0.3, 0.4) is 0 Å². The van der Waals surface area contributed by atoms with Gasteiger partial charge in [0.15, 0.2) is 0 Å². The topological polar surface area (TPSA) is 92.8 Å². The molecule has 0 atom stereocenters. The van der Waals surface area contributed by atoms with E-state index in [9.17, 15) is 24.6 Å². The van der Waals surface area contributed by atoms with E-state index >= 15 is 0 Å². The average Bonchev–Trinajstić information content (AvgIpc) is 2.61. The molecule has 1 aliphatic heterocycles. The largest absolute Gasteiger partial charge is 0.368 e. The Morgan fingerprint density at radius 3 is 2.20 bits per heavy atom. The van der Waals surface area contributed by atoms with Crippen LogP contribution in [0.5, 0.6) is 0 Å². The normalized spacial score (nSPS) is 14.4. The van der Waals surface area contributed by atoms with Gasteiger partial charge in [-0.2, -0.15) is 0 Å². The fourth-order valence-corrected chi connectivity index (χ4v) is 2.91. The van der Waals surface area contributed by atoms with Crippen LogP contribution < -0.4 is 9.80 Å². The molecule has 1 saturated heterocycles. The molecule has 0 aliphatic carbocycles. The first-order valence-corrected chi connectivity index (χ1v) is 7.64. The molecule has 0 bridgehead atoms. The number of rotatable bonds is 4. The van der Waals surface area contributed by atoms with Crippen LogP contribution in [-0.2, 0) is 0 Å². The zero-order valence-electron chi connectivity index (χ0n) is 13.2. The first-order valence-electron chi connectivity index (χ1n) is 7.64. The van der Waals surface area contributed by atoms with Crippen molar-refractivity contribution in [1.82, 2.24) is 0 Å². The van der Waals surface area contributed by atoms with Crippen LogP contribution in [0, 0.1) is 26.0 Å². The van der Waals surface area contributed by atoms with E-state index in [0.717, 1.165) is 17.8 Å². The Kier molecular flexibility index (Phi) is 4.46. The number of nitro benzene ring substituents is 2. The summed E-state index contributed by atoms with van der Waals surface area (Å²) in [6.07, 6.45) is 0. The summed E-state index contributed by atoms with van der Waals surface area (Å²) in [7, 11) is 0. The molecule has 9 heteroatoms. The van der Waals surface area contributed by atoms with Gasteiger partial charge in [-0.3, -0.25) is 20.2 Å². The highest BCUT2D eigenvalue weighted by Crippen LogP contribution is 2.30. The standard InChI is InChI=1S/C16H15FN4O4/c17-12-4-5-15(21(24)25)16(10-12)19-8-6-18(7-9-19)13-2-1-3-14(11-13)20(22)23/h1-5,10-11H,6-9H2. The second kappa shape index (κ2) is 6.71. The molecule has 3 rings (SSSR count). The van der Waals surface area contributed by atoms with Crippen molar-refractivity contribution < 1.29 is 14.2 Å². The number of nitrogens with zero attached hydrogens (tertiary/aromatic N) is 4. The highest BCUT2D eigenvalue weighted by Gasteiger charge is 2.25. The summed E-state index contributed by atoms with van der Waals surface area (Å²) in [5.74, 6) is -0.526. The van der Waals surface area contributed by atoms with Crippen LogP contribution in [-0.4, -0.2) is 36.0 Å². The summed E-state index contributed by atoms with van der Waals surface area (Å²) in [6, 6.07) is 9.74. The SMILES string of the molecule is O=[N+]([O-])c1cccc(N2CCN(c3cc(F)ccc3[N+](=O)[O-])CC2)c1. The van der Waals surface area contributed by atoms with E-state index in [4.69, 9.17) is 0 Å². The van der Waals surface area contributed by atoms with Crippen molar-refractivity contribution in [1.29, 1.82) is 0 Å². The minimum absolute atomic E-state index is 0.0145. The number of non-ortho nitro benzene ring substituents is 1. The van der Waals surface area contributed by atoms with Gasteiger partial charge in [0.2, 0.25) is 0 Å². The van der Waals surface area contributed by atoms with Crippen LogP contribution in [0.1, 0.15) is 0 Å². The van der Waals surface area contributed by atoms with Gasteiger partial charge in [-0.15, -0.1) is 0 Å². The summed E-state index contributed by atoms with van der Waals surface area (Å²) in [4.78, 5) is 24.8. The Hall–Kier alpha value is -3.23. The number of hydrogen-bond acceptors (Lipinski definition) is 6. The Balaban J connectivity index is 1.76. The van der Waals surface area contributed by atoms with Gasteiger partial charge in [-0.05, 0) is 12.1 Å². The molecule has 1 fully saturated rings. The van der Waals surface area contributed by atoms with Crippen molar-refractivity contribution >= 4 is 22.7 Å². The maximum Gasteiger partial charge on any atom is 0.292 e. The van der Waals surface area contributed by atoms with Crippen molar-refractivity contribution in [3.8, 4) is 0 Å². The number of halogens is 1. The van der Waals surface area contributed by atoms with Crippen molar-refractivity contribution in [3.05, 3.63) is 68.5 Å². The molecule has 0 radical (unpaired) electrons. The Labute approximate surface area is 142 Å². The number of piperazine rings is 1. The van der Waals surface area contributed by atoms with E-state index in [2.05, 4.69) is 0 Å². The summed E-state index contributed by atoms with van der Waals surface area (Å²) in [5, 5.41) is 22.0. The maximum atomic E-state index is 13.5. The fourth-order valence-electron chi connectivity index (χ4n) is 2.91. The second-order valence-electron chi connectivity index (χ2n) is 5.64. The lowest BCUT2D eigenvalue weighted by Gasteiger charge is -2.37. The average molecular weight is 346 g/mol. The third-order valence-corrected chi connectivity index (χ3v) is 4.16. The Bertz CT molecular complexity index is 822. The third kappa shape index (κ3) is 3.49. The Morgan fingerprint density at radius 1 is 0.880 bits per heavy atom. The molecule has 0 amide bonds. The van der Waals surface area contributed by atoms with E-state index in [1.165, 1.54) is 18.2 Å². The zero-order valence-corrected chi connectivity index (χ0v) is 13.2. The smallest absolute Gasteiger partial charge is 0.292 e. The maximum absolute atomic E-state index is 13.5. The van der Waals surface area contributed by atoms with E-state index < -0.39 is 15.7 Å². The number of anilines is 2. The molecule has 0 unspecified atom stereocenters. The summed E-state index contributed by atoms with van der Waals surface area (Å²) in [6.45, 7) is 1.95. The van der Waals surface area contributed by atoms with Gasteiger partial charge >= 0.3 is 0 Å². The van der Waals surface area contributed by atoms with Gasteiger partial charge in [-0.1, -0.05) is 6.07 Å². The van der Waals surface area contributed by atoms with Crippen LogP contribution in [0.4, 0.5) is 27.1 Å². The number of hydrogen-bond donors (Lipinski definition) is 0. The Morgan fingerprint density at radius 2 is 1.56 bits per heavy atom. The molecule has 0 N–H and O–H groups in total. The molecule has 8 nitrogen and oxygen atoms in total. The van der Waals surface area contributed by atoms with Crippen molar-refractivity contribution in [3.63, 3.8) is 0 Å². The fraction of sp³-hybridized carbons (Fsp3) is 0.250. The molecule has 0 spiro atoms. The molecular weight excluding hydrogens is 331 g/mol. The summed E-state index contributed by atoms with van der Waals surface area (Å²) < 4.78 is 13.5. The second-order valence-corrected chi connectivity index (χ2v) is 5.64. The van der Waals surface area contributed by atoms with Crippen LogP contribution in [0.15, 0.2) is 42.5 Å². The third-order valence-electron chi connectivity index (χ3n) is 4.16. The minimum Gasteiger partial charge on any atom is -0.368 e. The first kappa shape index (κ1) is 16.6. The molecular formula is C16H15FN4O4. The molecule has 0 aromatic heterocycles. The number of nitro groups is 2. The lowest BCUT2D eigenvalue weighted by Crippen LogP contribution is -2.46. The lowest BCUT2D eigenvalue weighted by molar-refractivity contribution is -0.384. The molecule has 1 aliphatic rings. The van der Waals surface area contributed by atoms with Crippen molar-refractivity contribution in [2.24, 2.45) is 0 Å². The molecule has 25 heavy (non-hydrogen) atoms. The quantitative estimate of drug-likeness (QED) is 0.624. The van der Waals surface area contributed by atoms with Gasteiger partial charge in [-0.25, -0.2) is 4.39 Å². The molecule has 1 heterocycles. The highest BCUT2D eigenvalue weighted by molar-refractivity contribution is 5.64. The summed E-state index contributed by atoms with van der Waals surface area (Å²) in [5.41, 5.74) is 0.859. The van der Waals surface area contributed by atoms with Gasteiger partial charge in [0, 0.05) is 56.1 Å².